The lowest BCUT2D eigenvalue weighted by molar-refractivity contribution is 0.517. The molecule has 19 heavy (non-hydrogen) atoms. The average Bonchev–Trinajstić information content (AvgIpc) is 2.98. The maximum absolute atomic E-state index is 4.44. The SMILES string of the molecule is CCCNC(Cc1c(Br)c(C)nn1C)c1cnns1. The zero-order chi connectivity index (χ0) is 13.8. The molecule has 1 N–H and O–H groups in total. The first kappa shape index (κ1) is 14.6. The third kappa shape index (κ3) is 3.40. The molecule has 2 heterocycles. The summed E-state index contributed by atoms with van der Waals surface area (Å²) in [6.45, 7) is 5.16. The second-order valence-corrected chi connectivity index (χ2v) is 6.11. The van der Waals surface area contributed by atoms with Crippen molar-refractivity contribution in [2.24, 2.45) is 7.05 Å². The molecule has 0 aliphatic heterocycles. The smallest absolute Gasteiger partial charge is 0.0738 e. The Balaban J connectivity index is 2.20. The molecule has 0 radical (unpaired) electrons. The van der Waals surface area contributed by atoms with E-state index >= 15 is 0 Å². The van der Waals surface area contributed by atoms with Gasteiger partial charge < -0.3 is 5.32 Å². The van der Waals surface area contributed by atoms with Gasteiger partial charge in [0.15, 0.2) is 0 Å². The first-order chi connectivity index (χ1) is 9.13. The lowest BCUT2D eigenvalue weighted by atomic mass is 10.1. The van der Waals surface area contributed by atoms with Crippen molar-refractivity contribution in [3.8, 4) is 0 Å². The highest BCUT2D eigenvalue weighted by Crippen LogP contribution is 2.26. The molecule has 0 spiro atoms. The summed E-state index contributed by atoms with van der Waals surface area (Å²) in [5.41, 5.74) is 2.22. The highest BCUT2D eigenvalue weighted by atomic mass is 79.9. The van der Waals surface area contributed by atoms with Crippen LogP contribution in [-0.4, -0.2) is 25.9 Å². The molecule has 0 fully saturated rings. The summed E-state index contributed by atoms with van der Waals surface area (Å²) >= 11 is 5.07. The predicted octanol–water partition coefficient (Wildman–Crippen LogP) is 2.63. The largest absolute Gasteiger partial charge is 0.309 e. The Morgan fingerprint density at radius 1 is 1.53 bits per heavy atom. The van der Waals surface area contributed by atoms with Crippen molar-refractivity contribution in [2.45, 2.75) is 32.7 Å². The van der Waals surface area contributed by atoms with E-state index in [-0.39, 0.29) is 6.04 Å². The van der Waals surface area contributed by atoms with Crippen molar-refractivity contribution in [1.29, 1.82) is 0 Å². The normalized spacial score (nSPS) is 12.8. The lowest BCUT2D eigenvalue weighted by Gasteiger charge is -2.16. The van der Waals surface area contributed by atoms with Crippen molar-refractivity contribution in [3.05, 3.63) is 26.9 Å². The summed E-state index contributed by atoms with van der Waals surface area (Å²) in [6.07, 6.45) is 3.82. The molecule has 1 unspecified atom stereocenters. The molecule has 5 nitrogen and oxygen atoms in total. The summed E-state index contributed by atoms with van der Waals surface area (Å²) in [4.78, 5) is 1.17. The van der Waals surface area contributed by atoms with Gasteiger partial charge in [-0.1, -0.05) is 11.4 Å². The Hall–Kier alpha value is -0.790. The molecule has 0 saturated carbocycles. The number of rotatable bonds is 6. The van der Waals surface area contributed by atoms with Crippen LogP contribution in [0.2, 0.25) is 0 Å². The Kier molecular flexibility index (Phi) is 5.06. The van der Waals surface area contributed by atoms with Crippen LogP contribution in [0.5, 0.6) is 0 Å². The fourth-order valence-electron chi connectivity index (χ4n) is 2.02. The molecular weight excluding hydrogens is 326 g/mol. The molecule has 2 aromatic rings. The molecular formula is C12H18BrN5S. The number of nitrogens with one attached hydrogen (secondary N) is 1. The predicted molar refractivity (Wildman–Crippen MR) is 80.3 cm³/mol. The highest BCUT2D eigenvalue weighted by Gasteiger charge is 2.19. The number of aryl methyl sites for hydroxylation is 2. The van der Waals surface area contributed by atoms with Crippen LogP contribution in [0.3, 0.4) is 0 Å². The van der Waals surface area contributed by atoms with Gasteiger partial charge in [0.2, 0.25) is 0 Å². The van der Waals surface area contributed by atoms with Gasteiger partial charge in [0.05, 0.1) is 33.0 Å². The topological polar surface area (TPSA) is 55.6 Å². The summed E-state index contributed by atoms with van der Waals surface area (Å²) in [5.74, 6) is 0. The van der Waals surface area contributed by atoms with E-state index in [2.05, 4.69) is 42.9 Å². The molecule has 2 aromatic heterocycles. The van der Waals surface area contributed by atoms with Crippen molar-refractivity contribution in [3.63, 3.8) is 0 Å². The fourth-order valence-corrected chi connectivity index (χ4v) is 3.09. The second-order valence-electron chi connectivity index (χ2n) is 4.50. The van der Waals surface area contributed by atoms with Crippen molar-refractivity contribution in [2.75, 3.05) is 6.54 Å². The minimum atomic E-state index is 0.242. The molecule has 7 heteroatoms. The second kappa shape index (κ2) is 6.58. The molecule has 0 bridgehead atoms. The van der Waals surface area contributed by atoms with Crippen LogP contribution in [0, 0.1) is 6.92 Å². The molecule has 0 aromatic carbocycles. The number of halogens is 1. The van der Waals surface area contributed by atoms with Crippen LogP contribution in [0.25, 0.3) is 0 Å². The van der Waals surface area contributed by atoms with E-state index in [0.717, 1.165) is 29.6 Å². The minimum Gasteiger partial charge on any atom is -0.309 e. The van der Waals surface area contributed by atoms with E-state index in [9.17, 15) is 0 Å². The quantitative estimate of drug-likeness (QED) is 0.875. The third-order valence-corrected chi connectivity index (χ3v) is 4.83. The van der Waals surface area contributed by atoms with Gasteiger partial charge in [0, 0.05) is 13.5 Å². The van der Waals surface area contributed by atoms with E-state index in [1.165, 1.54) is 22.1 Å². The molecule has 2 rings (SSSR count). The van der Waals surface area contributed by atoms with Crippen molar-refractivity contribution in [1.82, 2.24) is 24.7 Å². The van der Waals surface area contributed by atoms with Crippen molar-refractivity contribution < 1.29 is 0 Å². The molecule has 0 amide bonds. The van der Waals surface area contributed by atoms with Gasteiger partial charge in [0.1, 0.15) is 0 Å². The van der Waals surface area contributed by atoms with Crippen LogP contribution in [0.1, 0.15) is 35.7 Å². The maximum Gasteiger partial charge on any atom is 0.0738 e. The van der Waals surface area contributed by atoms with Crippen molar-refractivity contribution >= 4 is 27.5 Å². The number of hydrogen-bond donors (Lipinski definition) is 1. The fraction of sp³-hybridized carbons (Fsp3) is 0.583. The van der Waals surface area contributed by atoms with Gasteiger partial charge in [-0.3, -0.25) is 4.68 Å². The van der Waals surface area contributed by atoms with Crippen LogP contribution < -0.4 is 5.32 Å². The third-order valence-electron chi connectivity index (χ3n) is 3.02. The molecule has 0 aliphatic rings. The van der Waals surface area contributed by atoms with Gasteiger partial charge in [-0.15, -0.1) is 5.10 Å². The summed E-state index contributed by atoms with van der Waals surface area (Å²) in [5, 5.41) is 11.9. The van der Waals surface area contributed by atoms with Gasteiger partial charge in [0.25, 0.3) is 0 Å². The molecule has 0 saturated heterocycles. The minimum absolute atomic E-state index is 0.242. The van der Waals surface area contributed by atoms with E-state index in [1.807, 2.05) is 24.9 Å². The van der Waals surface area contributed by atoms with E-state index in [4.69, 9.17) is 0 Å². The average molecular weight is 344 g/mol. The maximum atomic E-state index is 4.44. The van der Waals surface area contributed by atoms with Gasteiger partial charge in [-0.2, -0.15) is 5.10 Å². The highest BCUT2D eigenvalue weighted by molar-refractivity contribution is 9.10. The zero-order valence-electron chi connectivity index (χ0n) is 11.4. The number of aromatic nitrogens is 4. The molecule has 0 aliphatic carbocycles. The summed E-state index contributed by atoms with van der Waals surface area (Å²) in [6, 6.07) is 0.242. The monoisotopic (exact) mass is 343 g/mol. The first-order valence-electron chi connectivity index (χ1n) is 6.32. The number of nitrogens with zero attached hydrogens (tertiary/aromatic N) is 4. The Bertz CT molecular complexity index is 522. The standard InChI is InChI=1S/C12H18BrN5S/c1-4-5-14-9(11-7-15-17-19-11)6-10-12(13)8(2)16-18(10)3/h7,9,14H,4-6H2,1-3H3. The van der Waals surface area contributed by atoms with E-state index in [1.54, 1.807) is 0 Å². The first-order valence-corrected chi connectivity index (χ1v) is 7.88. The molecule has 1 atom stereocenters. The number of hydrogen-bond acceptors (Lipinski definition) is 5. The Morgan fingerprint density at radius 2 is 2.32 bits per heavy atom. The van der Waals surface area contributed by atoms with E-state index < -0.39 is 0 Å². The van der Waals surface area contributed by atoms with Gasteiger partial charge in [-0.25, -0.2) is 0 Å². The van der Waals surface area contributed by atoms with Gasteiger partial charge >= 0.3 is 0 Å². The Labute approximate surface area is 125 Å². The molecule has 104 valence electrons. The van der Waals surface area contributed by atoms with E-state index in [0.29, 0.717) is 0 Å². The Morgan fingerprint density at radius 3 is 2.84 bits per heavy atom. The lowest BCUT2D eigenvalue weighted by Crippen LogP contribution is -2.24. The van der Waals surface area contributed by atoms with Crippen LogP contribution >= 0.6 is 27.5 Å². The summed E-state index contributed by atoms with van der Waals surface area (Å²) in [7, 11) is 1.98. The van der Waals surface area contributed by atoms with Crippen LogP contribution in [0.15, 0.2) is 10.7 Å². The zero-order valence-corrected chi connectivity index (χ0v) is 13.8. The summed E-state index contributed by atoms with van der Waals surface area (Å²) < 4.78 is 6.99. The van der Waals surface area contributed by atoms with Gasteiger partial charge in [-0.05, 0) is 47.4 Å². The van der Waals surface area contributed by atoms with Crippen LogP contribution in [0.4, 0.5) is 0 Å². The van der Waals surface area contributed by atoms with Crippen LogP contribution in [-0.2, 0) is 13.5 Å².